The molecule has 0 bridgehead atoms. The van der Waals surface area contributed by atoms with Crippen LogP contribution in [0.25, 0.3) is 0 Å². The maximum atomic E-state index is 10.7. The van der Waals surface area contributed by atoms with E-state index in [-0.39, 0.29) is 20.1 Å². The van der Waals surface area contributed by atoms with E-state index in [0.29, 0.717) is 6.42 Å². The second-order valence-electron chi connectivity index (χ2n) is 5.53. The predicted molar refractivity (Wildman–Crippen MR) is 101 cm³/mol. The lowest BCUT2D eigenvalue weighted by molar-refractivity contribution is -0.138. The Morgan fingerprint density at radius 2 is 1.82 bits per heavy atom. The highest BCUT2D eigenvalue weighted by atomic mass is 127. The highest BCUT2D eigenvalue weighted by Crippen LogP contribution is 2.32. The Balaban J connectivity index is 1.92. The minimum absolute atomic E-state index is 0.0966. The minimum atomic E-state index is -0.998. The standard InChI is InChI=1S/C15H19I2NO4/c16-11-6-10(7-12(17)14(11)19)22-9-3-1-8(2-4-9)5-13(18)15(20)21/h1-4,10-14,19H,5-7,18H2,(H,20,21). The molecule has 3 atom stereocenters. The van der Waals surface area contributed by atoms with Crippen LogP contribution in [0, 0.1) is 0 Å². The molecule has 1 saturated carbocycles. The van der Waals surface area contributed by atoms with Crippen LogP contribution >= 0.6 is 45.2 Å². The van der Waals surface area contributed by atoms with Gasteiger partial charge in [0.1, 0.15) is 17.9 Å². The number of carboxylic acid groups (broad SMARTS) is 1. The number of carbonyl (C=O) groups is 1. The molecule has 122 valence electrons. The molecule has 0 aliphatic heterocycles. The van der Waals surface area contributed by atoms with E-state index < -0.39 is 12.0 Å². The molecule has 0 amide bonds. The topological polar surface area (TPSA) is 92.8 Å². The summed E-state index contributed by atoms with van der Waals surface area (Å²) in [4.78, 5) is 10.7. The van der Waals surface area contributed by atoms with E-state index >= 15 is 0 Å². The lowest BCUT2D eigenvalue weighted by atomic mass is 9.95. The number of halogens is 2. The summed E-state index contributed by atoms with van der Waals surface area (Å²) in [7, 11) is 0. The molecule has 0 radical (unpaired) electrons. The fourth-order valence-electron chi connectivity index (χ4n) is 2.44. The van der Waals surface area contributed by atoms with Gasteiger partial charge < -0.3 is 20.7 Å². The lowest BCUT2D eigenvalue weighted by Crippen LogP contribution is -2.42. The van der Waals surface area contributed by atoms with E-state index in [1.807, 2.05) is 24.3 Å². The van der Waals surface area contributed by atoms with Crippen molar-refractivity contribution in [2.75, 3.05) is 0 Å². The molecule has 1 aromatic carbocycles. The van der Waals surface area contributed by atoms with Gasteiger partial charge in [-0.3, -0.25) is 4.79 Å². The average molecular weight is 531 g/mol. The Labute approximate surface area is 156 Å². The highest BCUT2D eigenvalue weighted by molar-refractivity contribution is 14.1. The molecule has 0 saturated heterocycles. The first-order chi connectivity index (χ1) is 10.4. The number of ether oxygens (including phenoxy) is 1. The van der Waals surface area contributed by atoms with Gasteiger partial charge in [-0.2, -0.15) is 0 Å². The van der Waals surface area contributed by atoms with Crippen molar-refractivity contribution in [2.45, 2.75) is 45.4 Å². The summed E-state index contributed by atoms with van der Waals surface area (Å²) in [6.07, 6.45) is 1.77. The molecule has 7 heteroatoms. The number of aliphatic hydroxyl groups excluding tert-OH is 1. The number of alkyl halides is 2. The van der Waals surface area contributed by atoms with Crippen molar-refractivity contribution in [1.29, 1.82) is 0 Å². The van der Waals surface area contributed by atoms with Gasteiger partial charge >= 0.3 is 5.97 Å². The Morgan fingerprint density at radius 3 is 2.32 bits per heavy atom. The SMILES string of the molecule is NC(Cc1ccc(OC2CC(I)C(O)C(I)C2)cc1)C(=O)O. The molecule has 1 aliphatic carbocycles. The van der Waals surface area contributed by atoms with E-state index in [1.165, 1.54) is 0 Å². The van der Waals surface area contributed by atoms with E-state index in [0.717, 1.165) is 24.2 Å². The third-order valence-corrected chi connectivity index (χ3v) is 6.21. The van der Waals surface area contributed by atoms with Gasteiger partial charge in [-0.05, 0) is 37.0 Å². The maximum absolute atomic E-state index is 10.7. The third-order valence-electron chi connectivity index (χ3n) is 3.72. The second kappa shape index (κ2) is 8.11. The van der Waals surface area contributed by atoms with Crippen molar-refractivity contribution >= 4 is 51.2 Å². The zero-order valence-corrected chi connectivity index (χ0v) is 16.2. The first-order valence-corrected chi connectivity index (χ1v) is 9.56. The number of hydrogen-bond donors (Lipinski definition) is 3. The summed E-state index contributed by atoms with van der Waals surface area (Å²) in [6.45, 7) is 0. The van der Waals surface area contributed by atoms with Gasteiger partial charge in [-0.15, -0.1) is 0 Å². The van der Waals surface area contributed by atoms with Crippen molar-refractivity contribution in [3.63, 3.8) is 0 Å². The zero-order valence-electron chi connectivity index (χ0n) is 11.9. The largest absolute Gasteiger partial charge is 0.490 e. The molecular weight excluding hydrogens is 512 g/mol. The van der Waals surface area contributed by atoms with E-state index in [9.17, 15) is 9.90 Å². The number of hydrogen-bond acceptors (Lipinski definition) is 4. The fourth-order valence-corrected chi connectivity index (χ4v) is 5.37. The fraction of sp³-hybridized carbons (Fsp3) is 0.533. The monoisotopic (exact) mass is 531 g/mol. The molecule has 1 fully saturated rings. The first-order valence-electron chi connectivity index (χ1n) is 7.07. The van der Waals surface area contributed by atoms with Crippen LogP contribution in [0.1, 0.15) is 18.4 Å². The lowest BCUT2D eigenvalue weighted by Gasteiger charge is -2.34. The molecule has 1 aromatic rings. The van der Waals surface area contributed by atoms with Crippen molar-refractivity contribution in [3.8, 4) is 5.75 Å². The molecule has 22 heavy (non-hydrogen) atoms. The minimum Gasteiger partial charge on any atom is -0.490 e. The van der Waals surface area contributed by atoms with Gasteiger partial charge in [0.05, 0.1) is 6.10 Å². The summed E-state index contributed by atoms with van der Waals surface area (Å²) in [6, 6.07) is 6.50. The van der Waals surface area contributed by atoms with Gasteiger partial charge in [-0.1, -0.05) is 57.3 Å². The summed E-state index contributed by atoms with van der Waals surface area (Å²) >= 11 is 4.55. The van der Waals surface area contributed by atoms with Gasteiger partial charge in [0.2, 0.25) is 0 Å². The molecule has 3 unspecified atom stereocenters. The number of benzene rings is 1. The van der Waals surface area contributed by atoms with Gasteiger partial charge in [0.25, 0.3) is 0 Å². The second-order valence-corrected chi connectivity index (χ2v) is 8.73. The highest BCUT2D eigenvalue weighted by Gasteiger charge is 2.34. The number of aliphatic hydroxyl groups is 1. The number of rotatable bonds is 5. The van der Waals surface area contributed by atoms with Crippen molar-refractivity contribution < 1.29 is 19.7 Å². The molecule has 0 aromatic heterocycles. The Bertz CT molecular complexity index is 499. The van der Waals surface area contributed by atoms with Crippen LogP contribution in [0.4, 0.5) is 0 Å². The summed E-state index contributed by atoms with van der Waals surface area (Å²) in [5, 5.41) is 18.8. The maximum Gasteiger partial charge on any atom is 0.320 e. The third kappa shape index (κ3) is 4.93. The molecule has 5 nitrogen and oxygen atoms in total. The molecule has 0 spiro atoms. The Hall–Kier alpha value is -0.130. The van der Waals surface area contributed by atoms with Crippen molar-refractivity contribution in [2.24, 2.45) is 5.73 Å². The summed E-state index contributed by atoms with van der Waals surface area (Å²) in [5.41, 5.74) is 6.40. The van der Waals surface area contributed by atoms with Crippen LogP contribution < -0.4 is 10.5 Å². The van der Waals surface area contributed by atoms with Crippen LogP contribution in [0.3, 0.4) is 0 Å². The van der Waals surface area contributed by atoms with Crippen molar-refractivity contribution in [1.82, 2.24) is 0 Å². The van der Waals surface area contributed by atoms with Gasteiger partial charge in [0.15, 0.2) is 0 Å². The number of nitrogens with two attached hydrogens (primary N) is 1. The normalized spacial score (nSPS) is 29.8. The van der Waals surface area contributed by atoms with E-state index in [2.05, 4.69) is 45.2 Å². The molecular formula is C15H19I2NO4. The predicted octanol–water partition coefficient (Wildman–Crippen LogP) is 2.15. The Kier molecular flexibility index (Phi) is 6.72. The molecule has 1 aliphatic rings. The molecule has 4 N–H and O–H groups in total. The number of aliphatic carboxylic acids is 1. The van der Waals surface area contributed by atoms with Gasteiger partial charge in [-0.25, -0.2) is 0 Å². The summed E-state index contributed by atoms with van der Waals surface area (Å²) < 4.78 is 6.38. The van der Waals surface area contributed by atoms with E-state index in [4.69, 9.17) is 15.6 Å². The van der Waals surface area contributed by atoms with Crippen LogP contribution in [0.15, 0.2) is 24.3 Å². The Morgan fingerprint density at radius 1 is 1.27 bits per heavy atom. The van der Waals surface area contributed by atoms with Crippen LogP contribution in [-0.4, -0.2) is 42.3 Å². The molecule has 0 heterocycles. The smallest absolute Gasteiger partial charge is 0.320 e. The van der Waals surface area contributed by atoms with Gasteiger partial charge in [0, 0.05) is 7.85 Å². The van der Waals surface area contributed by atoms with Crippen LogP contribution in [0.2, 0.25) is 0 Å². The average Bonchev–Trinajstić information content (AvgIpc) is 2.46. The number of carboxylic acids is 1. The van der Waals surface area contributed by atoms with E-state index in [1.54, 1.807) is 0 Å². The van der Waals surface area contributed by atoms with Crippen LogP contribution in [-0.2, 0) is 11.2 Å². The molecule has 2 rings (SSSR count). The van der Waals surface area contributed by atoms with Crippen molar-refractivity contribution in [3.05, 3.63) is 29.8 Å². The summed E-state index contributed by atoms with van der Waals surface area (Å²) in [5.74, 6) is -0.233. The van der Waals surface area contributed by atoms with Crippen LogP contribution in [0.5, 0.6) is 5.75 Å². The zero-order chi connectivity index (χ0) is 16.3. The first kappa shape index (κ1) is 18.2. The quantitative estimate of drug-likeness (QED) is 0.401.